The Morgan fingerprint density at radius 1 is 1.43 bits per heavy atom. The van der Waals surface area contributed by atoms with Gasteiger partial charge >= 0.3 is 0 Å². The molecule has 14 heavy (non-hydrogen) atoms. The first-order valence-electron chi connectivity index (χ1n) is 3.79. The van der Waals surface area contributed by atoms with Crippen molar-refractivity contribution in [2.24, 2.45) is 0 Å². The first kappa shape index (κ1) is 9.68. The van der Waals surface area contributed by atoms with Gasteiger partial charge in [-0.25, -0.2) is 4.39 Å². The van der Waals surface area contributed by atoms with Crippen molar-refractivity contribution in [3.8, 4) is 0 Å². The zero-order chi connectivity index (χ0) is 10.3. The van der Waals surface area contributed by atoms with Crippen LogP contribution in [0.5, 0.6) is 0 Å². The molecule has 1 heterocycles. The minimum absolute atomic E-state index is 0.203. The van der Waals surface area contributed by atoms with Gasteiger partial charge in [0, 0.05) is 4.47 Å². The summed E-state index contributed by atoms with van der Waals surface area (Å²) in [6, 6.07) is 2.90. The van der Waals surface area contributed by atoms with Crippen LogP contribution in [0.4, 0.5) is 10.1 Å². The molecule has 2 N–H and O–H groups in total. The number of rotatable bonds is 0. The first-order chi connectivity index (χ1) is 6.61. The highest BCUT2D eigenvalue weighted by molar-refractivity contribution is 9.10. The van der Waals surface area contributed by atoms with Crippen LogP contribution >= 0.6 is 27.5 Å². The van der Waals surface area contributed by atoms with Crippen LogP contribution in [0.1, 0.15) is 0 Å². The molecule has 0 saturated heterocycles. The zero-order valence-corrected chi connectivity index (χ0v) is 9.23. The van der Waals surface area contributed by atoms with Crippen molar-refractivity contribution < 1.29 is 4.39 Å². The van der Waals surface area contributed by atoms with E-state index in [1.807, 2.05) is 0 Å². The highest BCUT2D eigenvalue weighted by Gasteiger charge is 2.11. The SMILES string of the molecule is Nc1cnc2c(Br)ccc(F)c2c1Cl. The summed E-state index contributed by atoms with van der Waals surface area (Å²) in [5.74, 6) is -0.423. The van der Waals surface area contributed by atoms with Gasteiger partial charge in [-0.15, -0.1) is 0 Å². The number of halogens is 3. The van der Waals surface area contributed by atoms with Gasteiger partial charge < -0.3 is 5.73 Å². The Morgan fingerprint density at radius 3 is 2.86 bits per heavy atom. The fourth-order valence-electron chi connectivity index (χ4n) is 1.21. The lowest BCUT2D eigenvalue weighted by molar-refractivity contribution is 0.639. The van der Waals surface area contributed by atoms with E-state index in [0.717, 1.165) is 0 Å². The van der Waals surface area contributed by atoms with Gasteiger partial charge in [-0.1, -0.05) is 11.6 Å². The summed E-state index contributed by atoms with van der Waals surface area (Å²) in [7, 11) is 0. The number of anilines is 1. The van der Waals surface area contributed by atoms with E-state index in [4.69, 9.17) is 17.3 Å². The summed E-state index contributed by atoms with van der Waals surface area (Å²) < 4.78 is 14.1. The molecule has 1 aromatic heterocycles. The van der Waals surface area contributed by atoms with Gasteiger partial charge in [0.2, 0.25) is 0 Å². The predicted molar refractivity (Wildman–Crippen MR) is 58.8 cm³/mol. The Hall–Kier alpha value is -0.870. The average Bonchev–Trinajstić information content (AvgIpc) is 2.16. The molecule has 2 nitrogen and oxygen atoms in total. The maximum atomic E-state index is 13.4. The minimum atomic E-state index is -0.423. The molecule has 0 aliphatic heterocycles. The first-order valence-corrected chi connectivity index (χ1v) is 4.96. The summed E-state index contributed by atoms with van der Waals surface area (Å²) in [4.78, 5) is 4.01. The molecule has 5 heteroatoms. The van der Waals surface area contributed by atoms with Crippen molar-refractivity contribution in [2.75, 3.05) is 5.73 Å². The van der Waals surface area contributed by atoms with Gasteiger partial charge in [-0.05, 0) is 28.1 Å². The fourth-order valence-corrected chi connectivity index (χ4v) is 1.87. The zero-order valence-electron chi connectivity index (χ0n) is 6.89. The lowest BCUT2D eigenvalue weighted by Gasteiger charge is -2.05. The third-order valence-electron chi connectivity index (χ3n) is 1.88. The van der Waals surface area contributed by atoms with Gasteiger partial charge in [0.1, 0.15) is 5.82 Å². The van der Waals surface area contributed by atoms with Gasteiger partial charge in [-0.3, -0.25) is 4.98 Å². The van der Waals surface area contributed by atoms with Crippen LogP contribution in [0.25, 0.3) is 10.9 Å². The molecule has 0 aliphatic carbocycles. The van der Waals surface area contributed by atoms with E-state index in [1.54, 1.807) is 6.07 Å². The summed E-state index contributed by atoms with van der Waals surface area (Å²) in [6.45, 7) is 0. The molecule has 0 aliphatic rings. The monoisotopic (exact) mass is 274 g/mol. The number of nitrogens with zero attached hydrogens (tertiary/aromatic N) is 1. The highest BCUT2D eigenvalue weighted by Crippen LogP contribution is 2.33. The topological polar surface area (TPSA) is 38.9 Å². The molecule has 0 saturated carbocycles. The second-order valence-corrected chi connectivity index (χ2v) is 4.01. The van der Waals surface area contributed by atoms with Crippen molar-refractivity contribution >= 4 is 44.1 Å². The number of nitrogens with two attached hydrogens (primary N) is 1. The Kier molecular flexibility index (Phi) is 2.33. The van der Waals surface area contributed by atoms with Gasteiger partial charge in [-0.2, -0.15) is 0 Å². The number of nitrogen functional groups attached to an aromatic ring is 1. The molecule has 2 rings (SSSR count). The Balaban J connectivity index is 3.01. The second kappa shape index (κ2) is 3.37. The largest absolute Gasteiger partial charge is 0.396 e. The van der Waals surface area contributed by atoms with E-state index in [-0.39, 0.29) is 16.1 Å². The standard InChI is InChI=1S/C9H5BrClFN2/c10-4-1-2-5(12)7-8(11)6(13)3-14-9(4)7/h1-3H,13H2. The van der Waals surface area contributed by atoms with E-state index in [9.17, 15) is 4.39 Å². The van der Waals surface area contributed by atoms with Crippen LogP contribution in [0.15, 0.2) is 22.8 Å². The van der Waals surface area contributed by atoms with Crippen LogP contribution in [0.2, 0.25) is 5.02 Å². The van der Waals surface area contributed by atoms with Crippen LogP contribution in [0, 0.1) is 5.82 Å². The molecule has 72 valence electrons. The van der Waals surface area contributed by atoms with E-state index >= 15 is 0 Å². The molecule has 0 amide bonds. The second-order valence-electron chi connectivity index (χ2n) is 2.78. The number of hydrogen-bond acceptors (Lipinski definition) is 2. The number of benzene rings is 1. The average molecular weight is 276 g/mol. The molecule has 1 aromatic carbocycles. The lowest BCUT2D eigenvalue weighted by atomic mass is 10.2. The van der Waals surface area contributed by atoms with Crippen LogP contribution in [-0.2, 0) is 0 Å². The van der Waals surface area contributed by atoms with Crippen molar-refractivity contribution in [3.05, 3.63) is 33.6 Å². The van der Waals surface area contributed by atoms with E-state index < -0.39 is 5.82 Å². The van der Waals surface area contributed by atoms with Crippen molar-refractivity contribution in [1.82, 2.24) is 4.98 Å². The molecule has 2 aromatic rings. The van der Waals surface area contributed by atoms with Crippen LogP contribution < -0.4 is 5.73 Å². The minimum Gasteiger partial charge on any atom is -0.396 e. The van der Waals surface area contributed by atoms with E-state index in [0.29, 0.717) is 9.99 Å². The predicted octanol–water partition coefficient (Wildman–Crippen LogP) is 3.37. The van der Waals surface area contributed by atoms with E-state index in [2.05, 4.69) is 20.9 Å². The van der Waals surface area contributed by atoms with Crippen LogP contribution in [0.3, 0.4) is 0 Å². The molecular formula is C9H5BrClFN2. The molecule has 0 radical (unpaired) electrons. The number of pyridine rings is 1. The third kappa shape index (κ3) is 1.35. The summed E-state index contributed by atoms with van der Waals surface area (Å²) in [6.07, 6.45) is 1.41. The number of aromatic nitrogens is 1. The smallest absolute Gasteiger partial charge is 0.134 e. The molecule has 0 bridgehead atoms. The Labute approximate surface area is 93.0 Å². The summed E-state index contributed by atoms with van der Waals surface area (Å²) >= 11 is 9.14. The highest BCUT2D eigenvalue weighted by atomic mass is 79.9. The van der Waals surface area contributed by atoms with Crippen LogP contribution in [-0.4, -0.2) is 4.98 Å². The quantitative estimate of drug-likeness (QED) is 0.800. The molecular weight excluding hydrogens is 270 g/mol. The lowest BCUT2D eigenvalue weighted by Crippen LogP contribution is -1.92. The number of hydrogen-bond donors (Lipinski definition) is 1. The number of fused-ring (bicyclic) bond motifs is 1. The summed E-state index contributed by atoms with van der Waals surface area (Å²) in [5, 5.41) is 0.454. The van der Waals surface area contributed by atoms with Crippen molar-refractivity contribution in [3.63, 3.8) is 0 Å². The van der Waals surface area contributed by atoms with Crippen molar-refractivity contribution in [2.45, 2.75) is 0 Å². The maximum absolute atomic E-state index is 13.4. The molecule has 0 unspecified atom stereocenters. The normalized spacial score (nSPS) is 10.8. The Morgan fingerprint density at radius 2 is 2.14 bits per heavy atom. The van der Waals surface area contributed by atoms with E-state index in [1.165, 1.54) is 12.3 Å². The van der Waals surface area contributed by atoms with Gasteiger partial charge in [0.25, 0.3) is 0 Å². The molecule has 0 spiro atoms. The maximum Gasteiger partial charge on any atom is 0.134 e. The third-order valence-corrected chi connectivity index (χ3v) is 2.93. The fraction of sp³-hybridized carbons (Fsp3) is 0. The molecule has 0 atom stereocenters. The molecule has 0 fully saturated rings. The Bertz CT molecular complexity index is 516. The van der Waals surface area contributed by atoms with Gasteiger partial charge in [0.15, 0.2) is 0 Å². The summed E-state index contributed by atoms with van der Waals surface area (Å²) in [5.41, 5.74) is 6.28. The van der Waals surface area contributed by atoms with Crippen molar-refractivity contribution in [1.29, 1.82) is 0 Å². The van der Waals surface area contributed by atoms with Gasteiger partial charge in [0.05, 0.1) is 27.8 Å².